The van der Waals surface area contributed by atoms with Crippen molar-refractivity contribution in [2.24, 2.45) is 10.9 Å². The van der Waals surface area contributed by atoms with Gasteiger partial charge in [0.15, 0.2) is 5.96 Å². The molecule has 7 heteroatoms. The van der Waals surface area contributed by atoms with Crippen LogP contribution in [-0.4, -0.2) is 73.3 Å². The number of halogens is 1. The molecule has 6 nitrogen and oxygen atoms in total. The van der Waals surface area contributed by atoms with Crippen molar-refractivity contribution in [2.45, 2.75) is 72.0 Å². The minimum atomic E-state index is 0. The summed E-state index contributed by atoms with van der Waals surface area (Å²) in [6, 6.07) is 9.98. The van der Waals surface area contributed by atoms with Crippen LogP contribution in [0.4, 0.5) is 0 Å². The Kier molecular flexibility index (Phi) is 10.5. The fraction of sp³-hybridized carbons (Fsp3) is 0.708. The Labute approximate surface area is 206 Å². The van der Waals surface area contributed by atoms with Crippen LogP contribution in [0.1, 0.15) is 45.7 Å². The first-order valence-electron chi connectivity index (χ1n) is 11.5. The van der Waals surface area contributed by atoms with Crippen LogP contribution in [0.25, 0.3) is 0 Å². The molecule has 2 fully saturated rings. The molecule has 0 aliphatic carbocycles. The number of aliphatic imine (C=N–C) groups is 1. The molecular weight excluding hydrogens is 501 g/mol. The van der Waals surface area contributed by atoms with Gasteiger partial charge in [-0.1, -0.05) is 31.2 Å². The number of nitrogens with zero attached hydrogens (tertiary/aromatic N) is 3. The summed E-state index contributed by atoms with van der Waals surface area (Å²) in [5.41, 5.74) is 2.63. The van der Waals surface area contributed by atoms with Crippen LogP contribution in [0.2, 0.25) is 0 Å². The Morgan fingerprint density at radius 3 is 2.19 bits per heavy atom. The number of ether oxygens (including phenoxy) is 1. The third kappa shape index (κ3) is 7.87. The van der Waals surface area contributed by atoms with Crippen molar-refractivity contribution in [3.63, 3.8) is 0 Å². The molecule has 3 rings (SSSR count). The van der Waals surface area contributed by atoms with Gasteiger partial charge in [-0.05, 0) is 44.7 Å². The van der Waals surface area contributed by atoms with Gasteiger partial charge in [-0.25, -0.2) is 0 Å². The second kappa shape index (κ2) is 12.4. The molecule has 1 aromatic carbocycles. The molecule has 0 radical (unpaired) electrons. The van der Waals surface area contributed by atoms with Gasteiger partial charge in [0.25, 0.3) is 0 Å². The topological polar surface area (TPSA) is 52.1 Å². The van der Waals surface area contributed by atoms with Gasteiger partial charge in [0.1, 0.15) is 0 Å². The molecule has 2 aliphatic heterocycles. The zero-order valence-corrected chi connectivity index (χ0v) is 22.4. The average Bonchev–Trinajstić information content (AvgIpc) is 3.06. The van der Waals surface area contributed by atoms with Gasteiger partial charge in [0, 0.05) is 58.4 Å². The predicted octanol–water partition coefficient (Wildman–Crippen LogP) is 3.31. The predicted molar refractivity (Wildman–Crippen MR) is 140 cm³/mol. The summed E-state index contributed by atoms with van der Waals surface area (Å²) >= 11 is 0. The number of rotatable bonds is 6. The molecular formula is C24H42IN5O. The van der Waals surface area contributed by atoms with Crippen LogP contribution in [0.5, 0.6) is 0 Å². The van der Waals surface area contributed by atoms with Crippen molar-refractivity contribution in [3.05, 3.63) is 35.4 Å². The summed E-state index contributed by atoms with van der Waals surface area (Å²) in [4.78, 5) is 9.46. The smallest absolute Gasteiger partial charge is 0.191 e. The van der Waals surface area contributed by atoms with E-state index in [1.165, 1.54) is 11.1 Å². The maximum atomic E-state index is 5.84. The molecule has 2 N–H and O–H groups in total. The lowest BCUT2D eigenvalue weighted by atomic mass is 10.1. The van der Waals surface area contributed by atoms with Crippen molar-refractivity contribution in [3.8, 4) is 0 Å². The minimum absolute atomic E-state index is 0. The fourth-order valence-electron chi connectivity index (χ4n) is 4.60. The number of morpholine rings is 1. The van der Waals surface area contributed by atoms with E-state index < -0.39 is 0 Å². The largest absolute Gasteiger partial charge is 0.373 e. The van der Waals surface area contributed by atoms with E-state index in [2.05, 4.69) is 84.3 Å². The zero-order chi connectivity index (χ0) is 21.7. The molecule has 0 aromatic heterocycles. The average molecular weight is 544 g/mol. The third-order valence-electron chi connectivity index (χ3n) is 6.30. The summed E-state index contributed by atoms with van der Waals surface area (Å²) in [6.07, 6.45) is 0.623. The van der Waals surface area contributed by atoms with Crippen LogP contribution in [-0.2, 0) is 17.8 Å². The lowest BCUT2D eigenvalue weighted by Gasteiger charge is -2.35. The van der Waals surface area contributed by atoms with Gasteiger partial charge in [-0.2, -0.15) is 0 Å². The van der Waals surface area contributed by atoms with E-state index in [9.17, 15) is 0 Å². The molecule has 2 heterocycles. The highest BCUT2D eigenvalue weighted by Crippen LogP contribution is 2.19. The Balaban J connectivity index is 0.00000341. The Hall–Kier alpha value is -0.900. The van der Waals surface area contributed by atoms with Crippen LogP contribution in [0, 0.1) is 5.92 Å². The van der Waals surface area contributed by atoms with Crippen molar-refractivity contribution >= 4 is 29.9 Å². The SMILES string of the molecule is CN=C(NCc1ccc(CN2CC(C)OC(C)C2)cc1)NC1CN(C(C)C)CC1C.I. The van der Waals surface area contributed by atoms with Gasteiger partial charge < -0.3 is 15.4 Å². The number of hydrogen-bond acceptors (Lipinski definition) is 4. The van der Waals surface area contributed by atoms with Gasteiger partial charge in [-0.15, -0.1) is 24.0 Å². The van der Waals surface area contributed by atoms with Crippen molar-refractivity contribution in [1.29, 1.82) is 0 Å². The number of likely N-dealkylation sites (tertiary alicyclic amines) is 1. The van der Waals surface area contributed by atoms with Gasteiger partial charge in [0.05, 0.1) is 12.2 Å². The van der Waals surface area contributed by atoms with Crippen LogP contribution < -0.4 is 10.6 Å². The number of hydrogen-bond donors (Lipinski definition) is 2. The molecule has 0 amide bonds. The van der Waals surface area contributed by atoms with Gasteiger partial charge in [0.2, 0.25) is 0 Å². The third-order valence-corrected chi connectivity index (χ3v) is 6.30. The first-order chi connectivity index (χ1) is 14.3. The minimum Gasteiger partial charge on any atom is -0.373 e. The highest BCUT2D eigenvalue weighted by molar-refractivity contribution is 14.0. The number of nitrogens with one attached hydrogen (secondary N) is 2. The summed E-state index contributed by atoms with van der Waals surface area (Å²) in [5.74, 6) is 1.51. The van der Waals surface area contributed by atoms with Crippen LogP contribution >= 0.6 is 24.0 Å². The quantitative estimate of drug-likeness (QED) is 0.328. The molecule has 176 valence electrons. The van der Waals surface area contributed by atoms with Gasteiger partial charge >= 0.3 is 0 Å². The molecule has 0 saturated carbocycles. The molecule has 2 saturated heterocycles. The summed E-state index contributed by atoms with van der Waals surface area (Å²) in [7, 11) is 1.85. The second-order valence-electron chi connectivity index (χ2n) is 9.47. The standard InChI is InChI=1S/C24H41N5O.HI/c1-17(2)29-12-18(3)23(16-29)27-24(25-6)26-11-21-7-9-22(10-8-21)15-28-13-19(4)30-20(5)14-28;/h7-10,17-20,23H,11-16H2,1-6H3,(H2,25,26,27);1H. The summed E-state index contributed by atoms with van der Waals surface area (Å²) in [6.45, 7) is 17.2. The van der Waals surface area contributed by atoms with E-state index in [1.54, 1.807) is 0 Å². The Morgan fingerprint density at radius 1 is 1.03 bits per heavy atom. The summed E-state index contributed by atoms with van der Waals surface area (Å²) in [5, 5.41) is 7.11. The molecule has 31 heavy (non-hydrogen) atoms. The van der Waals surface area contributed by atoms with Crippen LogP contribution in [0.15, 0.2) is 29.3 Å². The van der Waals surface area contributed by atoms with Crippen molar-refractivity contribution in [2.75, 3.05) is 33.2 Å². The fourth-order valence-corrected chi connectivity index (χ4v) is 4.60. The monoisotopic (exact) mass is 543 g/mol. The second-order valence-corrected chi connectivity index (χ2v) is 9.47. The van der Waals surface area contributed by atoms with Gasteiger partial charge in [-0.3, -0.25) is 14.8 Å². The van der Waals surface area contributed by atoms with Crippen molar-refractivity contribution in [1.82, 2.24) is 20.4 Å². The first-order valence-corrected chi connectivity index (χ1v) is 11.5. The van der Waals surface area contributed by atoms with E-state index in [1.807, 2.05) is 7.05 Å². The molecule has 4 unspecified atom stereocenters. The van der Waals surface area contributed by atoms with E-state index in [0.29, 0.717) is 30.2 Å². The number of guanidine groups is 1. The Bertz CT molecular complexity index is 686. The van der Waals surface area contributed by atoms with E-state index in [0.717, 1.165) is 45.2 Å². The van der Waals surface area contributed by atoms with Crippen molar-refractivity contribution < 1.29 is 4.74 Å². The lowest BCUT2D eigenvalue weighted by molar-refractivity contribution is -0.0704. The summed E-state index contributed by atoms with van der Waals surface area (Å²) < 4.78 is 5.84. The van der Waals surface area contributed by atoms with Crippen LogP contribution in [0.3, 0.4) is 0 Å². The van der Waals surface area contributed by atoms with E-state index in [-0.39, 0.29) is 24.0 Å². The van der Waals surface area contributed by atoms with E-state index >= 15 is 0 Å². The molecule has 2 aliphatic rings. The maximum absolute atomic E-state index is 5.84. The first kappa shape index (κ1) is 26.4. The lowest BCUT2D eigenvalue weighted by Crippen LogP contribution is -2.46. The number of benzene rings is 1. The zero-order valence-electron chi connectivity index (χ0n) is 20.1. The van der Waals surface area contributed by atoms with E-state index in [4.69, 9.17) is 4.74 Å². The molecule has 0 bridgehead atoms. The molecule has 4 atom stereocenters. The highest BCUT2D eigenvalue weighted by atomic mass is 127. The Morgan fingerprint density at radius 2 is 1.65 bits per heavy atom. The molecule has 1 aromatic rings. The normalized spacial score (nSPS) is 27.9. The molecule has 0 spiro atoms. The maximum Gasteiger partial charge on any atom is 0.191 e. The highest BCUT2D eigenvalue weighted by Gasteiger charge is 2.31.